The number of guanidine groups is 1. The molecule has 0 heterocycles. The number of aliphatic imine (C=N–C) groups is 1. The van der Waals surface area contributed by atoms with Crippen LogP contribution in [-0.4, -0.2) is 46.2 Å². The summed E-state index contributed by atoms with van der Waals surface area (Å²) >= 11 is 0. The quantitative estimate of drug-likeness (QED) is 0.377. The number of anilines is 1. The predicted octanol–water partition coefficient (Wildman–Crippen LogP) is 2.48. The minimum absolute atomic E-state index is 0. The van der Waals surface area contributed by atoms with E-state index < -0.39 is 10.0 Å². The number of para-hydroxylation sites is 1. The molecule has 0 atom stereocenters. The van der Waals surface area contributed by atoms with Crippen LogP contribution in [-0.2, 0) is 16.6 Å². The second kappa shape index (κ2) is 10.7. The Kier molecular flexibility index (Phi) is 10.2. The van der Waals surface area contributed by atoms with Crippen molar-refractivity contribution in [2.75, 3.05) is 31.6 Å². The van der Waals surface area contributed by atoms with Gasteiger partial charge in [-0.15, -0.1) is 24.0 Å². The molecule has 0 bridgehead atoms. The molecule has 0 aromatic heterocycles. The molecule has 1 aromatic carbocycles. The maximum absolute atomic E-state index is 11.4. The van der Waals surface area contributed by atoms with Gasteiger partial charge in [-0.2, -0.15) is 0 Å². The third-order valence-corrected chi connectivity index (χ3v) is 3.76. The molecule has 0 amide bonds. The molecule has 0 saturated carbocycles. The van der Waals surface area contributed by atoms with Gasteiger partial charge in [0.05, 0.1) is 11.9 Å². The average molecular weight is 454 g/mol. The molecule has 0 aliphatic carbocycles. The Labute approximate surface area is 156 Å². The number of sulfonamides is 1. The van der Waals surface area contributed by atoms with Crippen molar-refractivity contribution >= 4 is 45.6 Å². The van der Waals surface area contributed by atoms with E-state index in [1.165, 1.54) is 0 Å². The fraction of sp³-hybridized carbons (Fsp3) is 0.533. The lowest BCUT2D eigenvalue weighted by atomic mass is 10.2. The van der Waals surface area contributed by atoms with Crippen LogP contribution in [0.2, 0.25) is 0 Å². The average Bonchev–Trinajstić information content (AvgIpc) is 2.45. The summed E-state index contributed by atoms with van der Waals surface area (Å²) in [6, 6.07) is 7.33. The second-order valence-electron chi connectivity index (χ2n) is 5.21. The Morgan fingerprint density at radius 1 is 1.30 bits per heavy atom. The van der Waals surface area contributed by atoms with Crippen molar-refractivity contribution in [2.24, 2.45) is 4.99 Å². The molecular weight excluding hydrogens is 427 g/mol. The van der Waals surface area contributed by atoms with Crippen LogP contribution < -0.4 is 10.0 Å². The van der Waals surface area contributed by atoms with Crippen molar-refractivity contribution < 1.29 is 8.42 Å². The van der Waals surface area contributed by atoms with E-state index in [1.807, 2.05) is 19.2 Å². The van der Waals surface area contributed by atoms with Crippen LogP contribution in [0, 0.1) is 0 Å². The summed E-state index contributed by atoms with van der Waals surface area (Å²) in [4.78, 5) is 6.32. The molecule has 1 aromatic rings. The maximum Gasteiger partial charge on any atom is 0.229 e. The van der Waals surface area contributed by atoms with Crippen LogP contribution >= 0.6 is 24.0 Å². The van der Waals surface area contributed by atoms with Gasteiger partial charge >= 0.3 is 0 Å². The highest BCUT2D eigenvalue weighted by Crippen LogP contribution is 2.16. The van der Waals surface area contributed by atoms with E-state index in [2.05, 4.69) is 26.9 Å². The van der Waals surface area contributed by atoms with Crippen LogP contribution in [0.4, 0.5) is 5.69 Å². The smallest absolute Gasteiger partial charge is 0.229 e. The topological polar surface area (TPSA) is 73.8 Å². The molecule has 132 valence electrons. The van der Waals surface area contributed by atoms with Crippen LogP contribution in [0.1, 0.15) is 25.3 Å². The molecule has 8 heteroatoms. The molecule has 0 aliphatic heterocycles. The lowest BCUT2D eigenvalue weighted by Crippen LogP contribution is -2.39. The lowest BCUT2D eigenvalue weighted by molar-refractivity contribution is 0.464. The Hall–Kier alpha value is -1.03. The van der Waals surface area contributed by atoms with Crippen molar-refractivity contribution in [3.05, 3.63) is 29.8 Å². The van der Waals surface area contributed by atoms with E-state index in [0.29, 0.717) is 12.2 Å². The standard InChI is InChI=1S/C15H26N4O2S.HI/c1-5-6-11-19(3)15(16-2)17-12-13-9-7-8-10-14(13)18-22(4,20)21;/h7-10,18H,5-6,11-12H2,1-4H3,(H,16,17);1H. The van der Waals surface area contributed by atoms with Gasteiger partial charge in [0.1, 0.15) is 0 Å². The van der Waals surface area contributed by atoms with Gasteiger partial charge in [-0.3, -0.25) is 9.71 Å². The zero-order chi connectivity index (χ0) is 16.6. The molecule has 23 heavy (non-hydrogen) atoms. The zero-order valence-electron chi connectivity index (χ0n) is 14.2. The van der Waals surface area contributed by atoms with Gasteiger partial charge in [-0.25, -0.2) is 8.42 Å². The summed E-state index contributed by atoms with van der Waals surface area (Å²) in [5, 5.41) is 3.26. The minimum atomic E-state index is -3.29. The molecule has 0 saturated heterocycles. The summed E-state index contributed by atoms with van der Waals surface area (Å²) in [6.07, 6.45) is 3.38. The highest BCUT2D eigenvalue weighted by atomic mass is 127. The largest absolute Gasteiger partial charge is 0.352 e. The first-order valence-electron chi connectivity index (χ1n) is 7.35. The van der Waals surface area contributed by atoms with Crippen molar-refractivity contribution in [1.82, 2.24) is 10.2 Å². The van der Waals surface area contributed by atoms with Gasteiger partial charge in [-0.1, -0.05) is 31.5 Å². The summed E-state index contributed by atoms with van der Waals surface area (Å²) in [5.41, 5.74) is 1.46. The van der Waals surface area contributed by atoms with Crippen LogP contribution in [0.15, 0.2) is 29.3 Å². The highest BCUT2D eigenvalue weighted by molar-refractivity contribution is 14.0. The van der Waals surface area contributed by atoms with Crippen molar-refractivity contribution in [2.45, 2.75) is 26.3 Å². The lowest BCUT2D eigenvalue weighted by Gasteiger charge is -2.22. The van der Waals surface area contributed by atoms with Gasteiger partial charge in [0.25, 0.3) is 0 Å². The molecule has 0 unspecified atom stereocenters. The molecule has 6 nitrogen and oxygen atoms in total. The minimum Gasteiger partial charge on any atom is -0.352 e. The molecule has 0 spiro atoms. The first kappa shape index (κ1) is 22.0. The van der Waals surface area contributed by atoms with Gasteiger partial charge in [0.15, 0.2) is 5.96 Å². The molecule has 0 aliphatic rings. The summed E-state index contributed by atoms with van der Waals surface area (Å²) in [6.45, 7) is 3.58. The maximum atomic E-state index is 11.4. The predicted molar refractivity (Wildman–Crippen MR) is 108 cm³/mol. The third kappa shape index (κ3) is 8.40. The zero-order valence-corrected chi connectivity index (χ0v) is 17.3. The Morgan fingerprint density at radius 2 is 1.96 bits per heavy atom. The number of hydrogen-bond donors (Lipinski definition) is 2. The number of rotatable bonds is 7. The van der Waals surface area contributed by atoms with Crippen LogP contribution in [0.5, 0.6) is 0 Å². The van der Waals surface area contributed by atoms with Crippen LogP contribution in [0.3, 0.4) is 0 Å². The first-order chi connectivity index (χ1) is 10.4. The second-order valence-corrected chi connectivity index (χ2v) is 6.96. The van der Waals surface area contributed by atoms with Crippen LogP contribution in [0.25, 0.3) is 0 Å². The third-order valence-electron chi connectivity index (χ3n) is 3.17. The number of unbranched alkanes of at least 4 members (excludes halogenated alkanes) is 1. The SMILES string of the molecule is CCCCN(C)C(=NC)NCc1ccccc1NS(C)(=O)=O.I. The van der Waals surface area contributed by atoms with E-state index in [4.69, 9.17) is 0 Å². The van der Waals surface area contributed by atoms with E-state index >= 15 is 0 Å². The van der Waals surface area contributed by atoms with Gasteiger partial charge in [0.2, 0.25) is 10.0 Å². The number of hydrogen-bond acceptors (Lipinski definition) is 3. The monoisotopic (exact) mass is 454 g/mol. The van der Waals surface area contributed by atoms with Gasteiger partial charge in [-0.05, 0) is 18.1 Å². The molecule has 0 radical (unpaired) electrons. The Bertz CT molecular complexity index is 605. The normalized spacial score (nSPS) is 11.6. The summed E-state index contributed by atoms with van der Waals surface area (Å²) in [7, 11) is 0.443. The number of nitrogens with zero attached hydrogens (tertiary/aromatic N) is 2. The number of benzene rings is 1. The van der Waals surface area contributed by atoms with E-state index in [-0.39, 0.29) is 24.0 Å². The Morgan fingerprint density at radius 3 is 2.52 bits per heavy atom. The molecular formula is C15H27IN4O2S. The van der Waals surface area contributed by atoms with Crippen molar-refractivity contribution in [1.29, 1.82) is 0 Å². The molecule has 1 rings (SSSR count). The fourth-order valence-corrected chi connectivity index (χ4v) is 2.63. The van der Waals surface area contributed by atoms with E-state index in [0.717, 1.165) is 37.2 Å². The number of halogens is 1. The highest BCUT2D eigenvalue weighted by Gasteiger charge is 2.09. The van der Waals surface area contributed by atoms with Crippen molar-refractivity contribution in [3.8, 4) is 0 Å². The summed E-state index contributed by atoms with van der Waals surface area (Å²) in [5.74, 6) is 0.794. The molecule has 0 fully saturated rings. The fourth-order valence-electron chi connectivity index (χ4n) is 2.03. The van der Waals surface area contributed by atoms with Crippen molar-refractivity contribution in [3.63, 3.8) is 0 Å². The van der Waals surface area contributed by atoms with E-state index in [9.17, 15) is 8.42 Å². The van der Waals surface area contributed by atoms with E-state index in [1.54, 1.807) is 19.2 Å². The Balaban J connectivity index is 0.00000484. The number of nitrogens with one attached hydrogen (secondary N) is 2. The molecule has 2 N–H and O–H groups in total. The first-order valence-corrected chi connectivity index (χ1v) is 9.24. The van der Waals surface area contributed by atoms with Gasteiger partial charge < -0.3 is 10.2 Å². The summed E-state index contributed by atoms with van der Waals surface area (Å²) < 4.78 is 25.4. The van der Waals surface area contributed by atoms with Gasteiger partial charge in [0, 0.05) is 27.2 Å².